The number of rotatable bonds is 4. The summed E-state index contributed by atoms with van der Waals surface area (Å²) in [5.74, 6) is 1.81. The van der Waals surface area contributed by atoms with E-state index in [4.69, 9.17) is 9.47 Å². The maximum Gasteiger partial charge on any atom is 0.122 e. The van der Waals surface area contributed by atoms with Gasteiger partial charge in [0.05, 0.1) is 7.11 Å². The van der Waals surface area contributed by atoms with Crippen molar-refractivity contribution in [3.63, 3.8) is 0 Å². The lowest BCUT2D eigenvalue weighted by Crippen LogP contribution is -1.96. The van der Waals surface area contributed by atoms with Crippen LogP contribution >= 0.6 is 0 Å². The number of benzene rings is 2. The van der Waals surface area contributed by atoms with Gasteiger partial charge in [0.15, 0.2) is 0 Å². The van der Waals surface area contributed by atoms with E-state index in [1.165, 1.54) is 0 Å². The third-order valence-corrected chi connectivity index (χ3v) is 2.69. The van der Waals surface area contributed by atoms with Gasteiger partial charge in [0, 0.05) is 5.56 Å². The first-order valence-corrected chi connectivity index (χ1v) is 5.74. The summed E-state index contributed by atoms with van der Waals surface area (Å²) in [6.07, 6.45) is 0. The van der Waals surface area contributed by atoms with Gasteiger partial charge in [-0.2, -0.15) is 0 Å². The Kier molecular flexibility index (Phi) is 3.72. The molecule has 0 heterocycles. The highest BCUT2D eigenvalue weighted by molar-refractivity contribution is 5.36. The van der Waals surface area contributed by atoms with Gasteiger partial charge in [-0.1, -0.05) is 12.1 Å². The van der Waals surface area contributed by atoms with Crippen molar-refractivity contribution in [1.29, 1.82) is 0 Å². The number of phenols is 1. The van der Waals surface area contributed by atoms with Crippen LogP contribution in [0.25, 0.3) is 0 Å². The molecule has 0 fully saturated rings. The highest BCUT2D eigenvalue weighted by Crippen LogP contribution is 2.22. The molecule has 0 atom stereocenters. The lowest BCUT2D eigenvalue weighted by atomic mass is 10.1. The van der Waals surface area contributed by atoms with Crippen molar-refractivity contribution >= 4 is 0 Å². The third kappa shape index (κ3) is 2.94. The lowest BCUT2D eigenvalue weighted by Gasteiger charge is -2.09. The molecule has 0 saturated carbocycles. The van der Waals surface area contributed by atoms with E-state index in [9.17, 15) is 5.11 Å². The van der Waals surface area contributed by atoms with Crippen LogP contribution in [0.3, 0.4) is 0 Å². The average molecular weight is 244 g/mol. The molecule has 0 aromatic heterocycles. The number of aryl methyl sites for hydroxylation is 1. The Morgan fingerprint density at radius 3 is 2.28 bits per heavy atom. The van der Waals surface area contributed by atoms with Crippen LogP contribution in [0, 0.1) is 6.92 Å². The summed E-state index contributed by atoms with van der Waals surface area (Å²) in [5.41, 5.74) is 1.80. The maximum atomic E-state index is 9.75. The number of phenolic OH excluding ortho intramolecular Hbond substituents is 1. The van der Waals surface area contributed by atoms with E-state index in [0.29, 0.717) is 6.61 Å². The van der Waals surface area contributed by atoms with E-state index in [0.717, 1.165) is 22.6 Å². The van der Waals surface area contributed by atoms with Gasteiger partial charge < -0.3 is 14.6 Å². The van der Waals surface area contributed by atoms with Crippen molar-refractivity contribution in [2.75, 3.05) is 7.11 Å². The van der Waals surface area contributed by atoms with E-state index >= 15 is 0 Å². The number of hydrogen-bond acceptors (Lipinski definition) is 3. The fraction of sp³-hybridized carbons (Fsp3) is 0.200. The quantitative estimate of drug-likeness (QED) is 0.897. The van der Waals surface area contributed by atoms with E-state index < -0.39 is 0 Å². The SMILES string of the molecule is COc1ccc(OCc2ccc(C)cc2O)cc1. The second kappa shape index (κ2) is 5.45. The average Bonchev–Trinajstić information content (AvgIpc) is 2.38. The minimum absolute atomic E-state index is 0.267. The van der Waals surface area contributed by atoms with Gasteiger partial charge in [-0.05, 0) is 42.8 Å². The van der Waals surface area contributed by atoms with Crippen LogP contribution in [0.5, 0.6) is 17.2 Å². The minimum Gasteiger partial charge on any atom is -0.508 e. The molecule has 0 aliphatic carbocycles. The second-order valence-corrected chi connectivity index (χ2v) is 4.10. The minimum atomic E-state index is 0.267. The summed E-state index contributed by atoms with van der Waals surface area (Å²) in [4.78, 5) is 0. The molecule has 2 aromatic carbocycles. The molecule has 0 bridgehead atoms. The predicted octanol–water partition coefficient (Wildman–Crippen LogP) is 3.29. The van der Waals surface area contributed by atoms with Crippen LogP contribution in [0.1, 0.15) is 11.1 Å². The van der Waals surface area contributed by atoms with Gasteiger partial charge in [-0.15, -0.1) is 0 Å². The Balaban J connectivity index is 2.02. The Morgan fingerprint density at radius 1 is 1.00 bits per heavy atom. The third-order valence-electron chi connectivity index (χ3n) is 2.69. The number of methoxy groups -OCH3 is 1. The molecule has 0 unspecified atom stereocenters. The van der Waals surface area contributed by atoms with Crippen LogP contribution in [-0.4, -0.2) is 12.2 Å². The summed E-state index contributed by atoms with van der Waals surface area (Å²) in [6, 6.07) is 12.9. The number of hydrogen-bond donors (Lipinski definition) is 1. The van der Waals surface area contributed by atoms with E-state index in [1.54, 1.807) is 13.2 Å². The van der Waals surface area contributed by atoms with E-state index in [1.807, 2.05) is 43.3 Å². The summed E-state index contributed by atoms with van der Waals surface area (Å²) >= 11 is 0. The highest BCUT2D eigenvalue weighted by atomic mass is 16.5. The lowest BCUT2D eigenvalue weighted by molar-refractivity contribution is 0.298. The molecule has 0 amide bonds. The van der Waals surface area contributed by atoms with Gasteiger partial charge in [0.1, 0.15) is 23.9 Å². The molecule has 0 aliphatic heterocycles. The Bertz CT molecular complexity index is 518. The standard InChI is InChI=1S/C15H16O3/c1-11-3-4-12(15(16)9-11)10-18-14-7-5-13(17-2)6-8-14/h3-9,16H,10H2,1-2H3. The molecule has 0 aliphatic rings. The monoisotopic (exact) mass is 244 g/mol. The van der Waals surface area contributed by atoms with Crippen LogP contribution in [0.4, 0.5) is 0 Å². The Labute approximate surface area is 107 Å². The molecule has 2 rings (SSSR count). The van der Waals surface area contributed by atoms with Crippen molar-refractivity contribution < 1.29 is 14.6 Å². The first-order chi connectivity index (χ1) is 8.69. The van der Waals surface area contributed by atoms with Crippen molar-refractivity contribution in [2.24, 2.45) is 0 Å². The van der Waals surface area contributed by atoms with Crippen LogP contribution in [-0.2, 0) is 6.61 Å². The first-order valence-electron chi connectivity index (χ1n) is 5.74. The van der Waals surface area contributed by atoms with Crippen molar-refractivity contribution in [2.45, 2.75) is 13.5 Å². The van der Waals surface area contributed by atoms with Gasteiger partial charge in [0.2, 0.25) is 0 Å². The zero-order valence-electron chi connectivity index (χ0n) is 10.5. The molecule has 3 heteroatoms. The molecular formula is C15H16O3. The van der Waals surface area contributed by atoms with Gasteiger partial charge in [-0.25, -0.2) is 0 Å². The zero-order chi connectivity index (χ0) is 13.0. The Hall–Kier alpha value is -2.16. The molecular weight excluding hydrogens is 228 g/mol. The zero-order valence-corrected chi connectivity index (χ0v) is 10.5. The fourth-order valence-corrected chi connectivity index (χ4v) is 1.63. The van der Waals surface area contributed by atoms with Crippen LogP contribution in [0.2, 0.25) is 0 Å². The Morgan fingerprint density at radius 2 is 1.67 bits per heavy atom. The van der Waals surface area contributed by atoms with E-state index in [-0.39, 0.29) is 5.75 Å². The fourth-order valence-electron chi connectivity index (χ4n) is 1.63. The predicted molar refractivity (Wildman–Crippen MR) is 70.2 cm³/mol. The first kappa shape index (κ1) is 12.3. The normalized spacial score (nSPS) is 10.1. The molecule has 0 spiro atoms. The van der Waals surface area contributed by atoms with Crippen molar-refractivity contribution in [1.82, 2.24) is 0 Å². The molecule has 2 aromatic rings. The molecule has 0 saturated heterocycles. The van der Waals surface area contributed by atoms with Crippen LogP contribution in [0.15, 0.2) is 42.5 Å². The van der Waals surface area contributed by atoms with Crippen molar-refractivity contribution in [3.05, 3.63) is 53.6 Å². The largest absolute Gasteiger partial charge is 0.508 e. The smallest absolute Gasteiger partial charge is 0.122 e. The maximum absolute atomic E-state index is 9.75. The topological polar surface area (TPSA) is 38.7 Å². The van der Waals surface area contributed by atoms with Crippen LogP contribution < -0.4 is 9.47 Å². The summed E-state index contributed by atoms with van der Waals surface area (Å²) in [7, 11) is 1.63. The summed E-state index contributed by atoms with van der Waals surface area (Å²) in [6.45, 7) is 2.28. The summed E-state index contributed by atoms with van der Waals surface area (Å²) < 4.78 is 10.7. The van der Waals surface area contributed by atoms with E-state index in [2.05, 4.69) is 0 Å². The number of aromatic hydroxyl groups is 1. The molecule has 1 N–H and O–H groups in total. The number of ether oxygens (including phenoxy) is 2. The highest BCUT2D eigenvalue weighted by Gasteiger charge is 2.02. The van der Waals surface area contributed by atoms with Crippen molar-refractivity contribution in [3.8, 4) is 17.2 Å². The molecule has 0 radical (unpaired) electrons. The van der Waals surface area contributed by atoms with Gasteiger partial charge in [0.25, 0.3) is 0 Å². The molecule has 18 heavy (non-hydrogen) atoms. The molecule has 94 valence electrons. The summed E-state index contributed by atoms with van der Waals surface area (Å²) in [5, 5.41) is 9.75. The van der Waals surface area contributed by atoms with Gasteiger partial charge >= 0.3 is 0 Å². The van der Waals surface area contributed by atoms with Gasteiger partial charge in [-0.3, -0.25) is 0 Å². The second-order valence-electron chi connectivity index (χ2n) is 4.10. The molecule has 3 nitrogen and oxygen atoms in total.